The van der Waals surface area contributed by atoms with E-state index in [0.29, 0.717) is 0 Å². The second-order valence-electron chi connectivity index (χ2n) is 4.30. The van der Waals surface area contributed by atoms with Crippen molar-refractivity contribution in [3.05, 3.63) is 0 Å². The predicted octanol–water partition coefficient (Wildman–Crippen LogP) is 4.64. The van der Waals surface area contributed by atoms with Crippen molar-refractivity contribution in [1.82, 2.24) is 0 Å². The summed E-state index contributed by atoms with van der Waals surface area (Å²) in [7, 11) is -1.95. The number of hydrogen-bond acceptors (Lipinski definition) is 1. The average Bonchev–Trinajstić information content (AvgIpc) is 2.21. The molecule has 0 saturated carbocycles. The van der Waals surface area contributed by atoms with Gasteiger partial charge in [0.2, 0.25) is 0 Å². The van der Waals surface area contributed by atoms with Gasteiger partial charge in [0.1, 0.15) is 0 Å². The van der Waals surface area contributed by atoms with Gasteiger partial charge in [0.25, 0.3) is 0 Å². The first kappa shape index (κ1) is 15.1. The summed E-state index contributed by atoms with van der Waals surface area (Å²) < 4.78 is 11.0. The molecule has 0 aromatic heterocycles. The molecule has 2 atom stereocenters. The van der Waals surface area contributed by atoms with Crippen molar-refractivity contribution in [3.8, 4) is 0 Å². The van der Waals surface area contributed by atoms with E-state index in [4.69, 9.17) is 4.89 Å². The Hall–Kier alpha value is 0.0600. The molecule has 0 fully saturated rings. The van der Waals surface area contributed by atoms with Gasteiger partial charge in [-0.1, -0.05) is 52.4 Å². The lowest BCUT2D eigenvalue weighted by Crippen LogP contribution is -2.01. The molecule has 2 nitrogen and oxygen atoms in total. The van der Waals surface area contributed by atoms with Gasteiger partial charge in [-0.15, -0.1) is 0 Å². The molecule has 0 radical (unpaired) electrons. The van der Waals surface area contributed by atoms with E-state index in [1.807, 2.05) is 0 Å². The molecular weight excluding hydrogens is 207 g/mol. The number of hydrogen-bond donors (Lipinski definition) is 1. The molecule has 90 valence electrons. The zero-order valence-corrected chi connectivity index (χ0v) is 11.1. The van der Waals surface area contributed by atoms with Crippen LogP contribution in [0.4, 0.5) is 0 Å². The molecule has 0 aliphatic rings. The molecular formula is C12H26O2P+. The van der Waals surface area contributed by atoms with Crippen LogP contribution in [-0.4, -0.2) is 10.6 Å². The Morgan fingerprint density at radius 1 is 0.933 bits per heavy atom. The van der Waals surface area contributed by atoms with Crippen molar-refractivity contribution in [3.63, 3.8) is 0 Å². The predicted molar refractivity (Wildman–Crippen MR) is 66.5 cm³/mol. The van der Waals surface area contributed by atoms with Crippen LogP contribution in [0.15, 0.2) is 0 Å². The normalized spacial score (nSPS) is 13.9. The van der Waals surface area contributed by atoms with E-state index in [1.54, 1.807) is 0 Å². The Morgan fingerprint density at radius 2 is 1.53 bits per heavy atom. The molecule has 0 aliphatic heterocycles. The Labute approximate surface area is 95.3 Å². The summed E-state index contributed by atoms with van der Waals surface area (Å²) in [5.41, 5.74) is 0.0520. The second-order valence-corrected chi connectivity index (χ2v) is 5.64. The standard InChI is InChI=1S/C12H25O2P/c1-3-5-6-7-8-9-11-12(10-4-2)15(13)14/h12H,3-11H2,1-2H3/p+1. The largest absolute Gasteiger partial charge is 0.508 e. The average molecular weight is 233 g/mol. The molecule has 0 saturated heterocycles. The first-order valence-corrected chi connectivity index (χ1v) is 7.65. The summed E-state index contributed by atoms with van der Waals surface area (Å²) in [5, 5.41) is 0. The van der Waals surface area contributed by atoms with E-state index in [-0.39, 0.29) is 5.66 Å². The third-order valence-corrected chi connectivity index (χ3v) is 3.97. The highest BCUT2D eigenvalue weighted by molar-refractivity contribution is 7.38. The third-order valence-electron chi connectivity index (χ3n) is 2.83. The SMILES string of the molecule is CCCCCCCCC(CCC)[P+](=O)O. The van der Waals surface area contributed by atoms with Crippen LogP contribution in [0.1, 0.15) is 71.6 Å². The molecule has 15 heavy (non-hydrogen) atoms. The van der Waals surface area contributed by atoms with Crippen LogP contribution in [0.5, 0.6) is 0 Å². The van der Waals surface area contributed by atoms with Gasteiger partial charge >= 0.3 is 8.03 Å². The van der Waals surface area contributed by atoms with Gasteiger partial charge < -0.3 is 0 Å². The van der Waals surface area contributed by atoms with Crippen molar-refractivity contribution in [2.45, 2.75) is 77.3 Å². The zero-order valence-electron chi connectivity index (χ0n) is 10.2. The van der Waals surface area contributed by atoms with Crippen molar-refractivity contribution in [2.75, 3.05) is 0 Å². The van der Waals surface area contributed by atoms with Crippen molar-refractivity contribution in [1.29, 1.82) is 0 Å². The van der Waals surface area contributed by atoms with Crippen LogP contribution in [0, 0.1) is 0 Å². The smallest absolute Gasteiger partial charge is 0.161 e. The molecule has 0 bridgehead atoms. The molecule has 0 aliphatic carbocycles. The maximum atomic E-state index is 11.0. The van der Waals surface area contributed by atoms with Crippen LogP contribution < -0.4 is 0 Å². The Bertz CT molecular complexity index is 160. The molecule has 3 heteroatoms. The zero-order chi connectivity index (χ0) is 11.5. The minimum Gasteiger partial charge on any atom is -0.161 e. The summed E-state index contributed by atoms with van der Waals surface area (Å²) in [6, 6.07) is 0. The molecule has 0 aromatic rings. The first-order valence-electron chi connectivity index (χ1n) is 6.37. The summed E-state index contributed by atoms with van der Waals surface area (Å²) >= 11 is 0. The summed E-state index contributed by atoms with van der Waals surface area (Å²) in [6.45, 7) is 4.29. The van der Waals surface area contributed by atoms with Crippen molar-refractivity contribution in [2.24, 2.45) is 0 Å². The molecule has 0 heterocycles. The molecule has 2 unspecified atom stereocenters. The fourth-order valence-corrected chi connectivity index (χ4v) is 2.74. The van der Waals surface area contributed by atoms with Gasteiger partial charge in [0, 0.05) is 0 Å². The Morgan fingerprint density at radius 3 is 2.07 bits per heavy atom. The quantitative estimate of drug-likeness (QED) is 0.441. The Kier molecular flexibility index (Phi) is 10.6. The van der Waals surface area contributed by atoms with E-state index in [2.05, 4.69) is 13.8 Å². The van der Waals surface area contributed by atoms with E-state index >= 15 is 0 Å². The van der Waals surface area contributed by atoms with Gasteiger partial charge in [0.15, 0.2) is 5.66 Å². The van der Waals surface area contributed by atoms with Crippen molar-refractivity contribution >= 4 is 8.03 Å². The topological polar surface area (TPSA) is 37.3 Å². The number of unbranched alkanes of at least 4 members (excludes halogenated alkanes) is 5. The highest BCUT2D eigenvalue weighted by atomic mass is 31.1. The van der Waals surface area contributed by atoms with Crippen LogP contribution in [0.2, 0.25) is 0 Å². The first-order chi connectivity index (χ1) is 7.22. The Balaban J connectivity index is 3.41. The van der Waals surface area contributed by atoms with Gasteiger partial charge in [-0.05, 0) is 23.8 Å². The van der Waals surface area contributed by atoms with Crippen LogP contribution in [-0.2, 0) is 4.57 Å². The highest BCUT2D eigenvalue weighted by Crippen LogP contribution is 2.30. The lowest BCUT2D eigenvalue weighted by atomic mass is 10.1. The minimum absolute atomic E-state index is 0.0520. The fraction of sp³-hybridized carbons (Fsp3) is 1.00. The maximum Gasteiger partial charge on any atom is 0.508 e. The van der Waals surface area contributed by atoms with E-state index in [0.717, 1.165) is 25.7 Å². The summed E-state index contributed by atoms with van der Waals surface area (Å²) in [4.78, 5) is 9.09. The van der Waals surface area contributed by atoms with Gasteiger partial charge in [0.05, 0.1) is 0 Å². The summed E-state index contributed by atoms with van der Waals surface area (Å²) in [5.74, 6) is 0. The monoisotopic (exact) mass is 233 g/mol. The lowest BCUT2D eigenvalue weighted by molar-refractivity contribution is 0.468. The molecule has 0 spiro atoms. The van der Waals surface area contributed by atoms with Gasteiger partial charge in [-0.3, -0.25) is 0 Å². The van der Waals surface area contributed by atoms with Crippen LogP contribution >= 0.6 is 8.03 Å². The molecule has 0 amide bonds. The van der Waals surface area contributed by atoms with Crippen LogP contribution in [0.25, 0.3) is 0 Å². The lowest BCUT2D eigenvalue weighted by Gasteiger charge is -2.03. The van der Waals surface area contributed by atoms with Gasteiger partial charge in [-0.2, -0.15) is 4.89 Å². The van der Waals surface area contributed by atoms with E-state index in [9.17, 15) is 4.57 Å². The fourth-order valence-electron chi connectivity index (χ4n) is 1.86. The molecule has 0 aromatic carbocycles. The highest BCUT2D eigenvalue weighted by Gasteiger charge is 2.26. The van der Waals surface area contributed by atoms with E-state index in [1.165, 1.54) is 32.1 Å². The number of rotatable bonds is 10. The summed E-state index contributed by atoms with van der Waals surface area (Å²) in [6.07, 6.45) is 10.4. The van der Waals surface area contributed by atoms with Crippen LogP contribution in [0.3, 0.4) is 0 Å². The van der Waals surface area contributed by atoms with Gasteiger partial charge in [-0.25, -0.2) is 0 Å². The third kappa shape index (κ3) is 9.02. The maximum absolute atomic E-state index is 11.0. The van der Waals surface area contributed by atoms with E-state index < -0.39 is 8.03 Å². The van der Waals surface area contributed by atoms with Crippen molar-refractivity contribution < 1.29 is 9.46 Å². The molecule has 1 N–H and O–H groups in total. The minimum atomic E-state index is -1.95. The second kappa shape index (κ2) is 10.6. The molecule has 0 rings (SSSR count).